The number of rotatable bonds is 8. The third-order valence-electron chi connectivity index (χ3n) is 5.60. The Kier molecular flexibility index (Phi) is 7.81. The molecule has 0 radical (unpaired) electrons. The van der Waals surface area contributed by atoms with Gasteiger partial charge < -0.3 is 9.47 Å². The molecule has 196 valence electrons. The van der Waals surface area contributed by atoms with E-state index < -0.39 is 22.0 Å². The molecule has 0 fully saturated rings. The van der Waals surface area contributed by atoms with Gasteiger partial charge in [0.05, 0.1) is 24.2 Å². The van der Waals surface area contributed by atoms with E-state index in [-0.39, 0.29) is 16.9 Å². The highest BCUT2D eigenvalue weighted by Crippen LogP contribution is 2.40. The van der Waals surface area contributed by atoms with Crippen LogP contribution in [-0.2, 0) is 20.2 Å². The molecule has 9 nitrogen and oxygen atoms in total. The molecule has 0 saturated carbocycles. The lowest BCUT2D eigenvalue weighted by Crippen LogP contribution is -2.49. The van der Waals surface area contributed by atoms with Gasteiger partial charge in [-0.25, -0.2) is 8.42 Å². The summed E-state index contributed by atoms with van der Waals surface area (Å²) in [5.74, 6) is 0.990. The number of nitrogens with one attached hydrogen (secondary N) is 1. The molecule has 0 bridgehead atoms. The summed E-state index contributed by atoms with van der Waals surface area (Å²) in [7, 11) is -2.52. The van der Waals surface area contributed by atoms with Crippen molar-refractivity contribution in [1.82, 2.24) is 10.2 Å². The molecule has 1 aliphatic rings. The maximum absolute atomic E-state index is 13.8. The van der Waals surface area contributed by atoms with Crippen LogP contribution >= 0.6 is 23.1 Å². The Morgan fingerprint density at radius 2 is 2.00 bits per heavy atom. The lowest BCUT2D eigenvalue weighted by atomic mass is 9.86. The van der Waals surface area contributed by atoms with Crippen molar-refractivity contribution >= 4 is 49.8 Å². The van der Waals surface area contributed by atoms with E-state index in [1.807, 2.05) is 26.8 Å². The number of sulfonamides is 1. The Bertz CT molecular complexity index is 1400. The lowest BCUT2D eigenvalue weighted by molar-refractivity contribution is -0.122. The number of benzene rings is 2. The van der Waals surface area contributed by atoms with Gasteiger partial charge in [-0.2, -0.15) is 0 Å². The summed E-state index contributed by atoms with van der Waals surface area (Å²) in [5, 5.41) is 11.1. The zero-order chi connectivity index (χ0) is 26.8. The van der Waals surface area contributed by atoms with E-state index in [1.165, 1.54) is 46.6 Å². The molecule has 1 aliphatic heterocycles. The van der Waals surface area contributed by atoms with Crippen LogP contribution in [-0.4, -0.2) is 50.0 Å². The summed E-state index contributed by atoms with van der Waals surface area (Å²) in [4.78, 5) is 13.2. The molecule has 3 aromatic rings. The summed E-state index contributed by atoms with van der Waals surface area (Å²) < 4.78 is 40.7. The molecule has 2 aromatic carbocycles. The minimum atomic E-state index is -4.03. The number of carbonyl (C=O) groups is 1. The molecule has 12 heteroatoms. The normalized spacial score (nSPS) is 15.5. The number of hydrogen-bond donors (Lipinski definition) is 1. The summed E-state index contributed by atoms with van der Waals surface area (Å²) in [6, 6.07) is 11.5. The number of fused-ring (bicyclic) bond motifs is 1. The van der Waals surface area contributed by atoms with E-state index in [0.717, 1.165) is 5.56 Å². The van der Waals surface area contributed by atoms with Crippen molar-refractivity contribution in [3.05, 3.63) is 60.7 Å². The van der Waals surface area contributed by atoms with Gasteiger partial charge in [-0.3, -0.25) is 14.4 Å². The zero-order valence-electron chi connectivity index (χ0n) is 20.9. The summed E-state index contributed by atoms with van der Waals surface area (Å²) in [6.45, 7) is 9.59. The standard InChI is InChI=1S/C25H28N4O5S3/c1-6-13-35-24-28-27-23(36-24)26-22(30)21-15-29(37(31,32)18-10-8-17(33-5)9-11-18)19-14-16(25(2,3)4)7-12-20(19)34-21/h6-12,14,21H,1,13,15H2,2-5H3,(H,26,27,30)/t21-/m1/s1. The third-order valence-corrected chi connectivity index (χ3v) is 9.36. The van der Waals surface area contributed by atoms with Crippen molar-refractivity contribution in [3.63, 3.8) is 0 Å². The second-order valence-electron chi connectivity index (χ2n) is 9.21. The smallest absolute Gasteiger partial charge is 0.269 e. The Morgan fingerprint density at radius 3 is 2.65 bits per heavy atom. The van der Waals surface area contributed by atoms with E-state index >= 15 is 0 Å². The second kappa shape index (κ2) is 10.7. The zero-order valence-corrected chi connectivity index (χ0v) is 23.4. The lowest BCUT2D eigenvalue weighted by Gasteiger charge is -2.35. The van der Waals surface area contributed by atoms with E-state index in [1.54, 1.807) is 30.3 Å². The van der Waals surface area contributed by atoms with Crippen LogP contribution < -0.4 is 19.1 Å². The number of methoxy groups -OCH3 is 1. The van der Waals surface area contributed by atoms with Crippen molar-refractivity contribution in [2.24, 2.45) is 0 Å². The van der Waals surface area contributed by atoms with Crippen LogP contribution in [0.3, 0.4) is 0 Å². The highest BCUT2D eigenvalue weighted by molar-refractivity contribution is 8.01. The highest BCUT2D eigenvalue weighted by Gasteiger charge is 2.38. The van der Waals surface area contributed by atoms with Gasteiger partial charge in [0, 0.05) is 5.75 Å². The predicted octanol–water partition coefficient (Wildman–Crippen LogP) is 4.72. The van der Waals surface area contributed by atoms with Crippen LogP contribution in [0.1, 0.15) is 26.3 Å². The molecule has 0 spiro atoms. The molecule has 1 aromatic heterocycles. The number of hydrogen-bond acceptors (Lipinski definition) is 9. The molecule has 0 unspecified atom stereocenters. The van der Waals surface area contributed by atoms with E-state index in [0.29, 0.717) is 32.4 Å². The number of anilines is 2. The maximum atomic E-state index is 13.8. The molecule has 0 saturated heterocycles. The molecule has 4 rings (SSSR count). The van der Waals surface area contributed by atoms with Crippen LogP contribution in [0.5, 0.6) is 11.5 Å². The molecular weight excluding hydrogens is 532 g/mol. The van der Waals surface area contributed by atoms with Crippen molar-refractivity contribution < 1.29 is 22.7 Å². The summed E-state index contributed by atoms with van der Waals surface area (Å²) in [6.07, 6.45) is 0.648. The molecule has 0 aliphatic carbocycles. The highest BCUT2D eigenvalue weighted by atomic mass is 32.2. The van der Waals surface area contributed by atoms with Crippen LogP contribution in [0.4, 0.5) is 10.8 Å². The molecule has 2 heterocycles. The van der Waals surface area contributed by atoms with Gasteiger partial charge in [0.15, 0.2) is 10.4 Å². The van der Waals surface area contributed by atoms with Crippen LogP contribution in [0.15, 0.2) is 64.4 Å². The van der Waals surface area contributed by atoms with Crippen LogP contribution in [0.2, 0.25) is 0 Å². The average molecular weight is 561 g/mol. The first-order chi connectivity index (χ1) is 17.5. The minimum absolute atomic E-state index is 0.0782. The Morgan fingerprint density at radius 1 is 1.27 bits per heavy atom. The average Bonchev–Trinajstić information content (AvgIpc) is 3.32. The Balaban J connectivity index is 1.67. The number of amides is 1. The van der Waals surface area contributed by atoms with Gasteiger partial charge in [-0.05, 0) is 47.4 Å². The molecule has 1 atom stereocenters. The van der Waals surface area contributed by atoms with Gasteiger partial charge in [0.25, 0.3) is 15.9 Å². The molecule has 37 heavy (non-hydrogen) atoms. The van der Waals surface area contributed by atoms with Crippen molar-refractivity contribution in [2.75, 3.05) is 29.0 Å². The van der Waals surface area contributed by atoms with Crippen molar-refractivity contribution in [2.45, 2.75) is 41.5 Å². The number of ether oxygens (including phenoxy) is 2. The van der Waals surface area contributed by atoms with Crippen molar-refractivity contribution in [1.29, 1.82) is 0 Å². The van der Waals surface area contributed by atoms with Gasteiger partial charge in [0.2, 0.25) is 5.13 Å². The van der Waals surface area contributed by atoms with E-state index in [4.69, 9.17) is 9.47 Å². The minimum Gasteiger partial charge on any atom is -0.497 e. The number of nitrogens with zero attached hydrogens (tertiary/aromatic N) is 3. The molecule has 1 N–H and O–H groups in total. The number of thioether (sulfide) groups is 1. The first-order valence-electron chi connectivity index (χ1n) is 11.4. The fraction of sp³-hybridized carbons (Fsp3) is 0.320. The van der Waals surface area contributed by atoms with Crippen LogP contribution in [0, 0.1) is 0 Å². The third kappa shape index (κ3) is 5.91. The largest absolute Gasteiger partial charge is 0.497 e. The Hall–Kier alpha value is -3.09. The van der Waals surface area contributed by atoms with E-state index in [2.05, 4.69) is 22.1 Å². The fourth-order valence-corrected chi connectivity index (χ4v) is 6.58. The summed E-state index contributed by atoms with van der Waals surface area (Å²) in [5.41, 5.74) is 1.09. The van der Waals surface area contributed by atoms with Gasteiger partial charge in [-0.15, -0.1) is 16.8 Å². The number of carbonyl (C=O) groups excluding carboxylic acids is 1. The molecule has 1 amide bonds. The first-order valence-corrected chi connectivity index (χ1v) is 14.6. The van der Waals surface area contributed by atoms with Crippen LogP contribution in [0.25, 0.3) is 0 Å². The van der Waals surface area contributed by atoms with E-state index in [9.17, 15) is 13.2 Å². The SMILES string of the molecule is C=CCSc1nnc(NC(=O)[C@H]2CN(S(=O)(=O)c3ccc(OC)cc3)c3cc(C(C)(C)C)ccc3O2)s1. The monoisotopic (exact) mass is 560 g/mol. The maximum Gasteiger partial charge on any atom is 0.269 e. The number of aromatic nitrogens is 2. The van der Waals surface area contributed by atoms with Gasteiger partial charge >= 0.3 is 0 Å². The van der Waals surface area contributed by atoms with Gasteiger partial charge in [0.1, 0.15) is 11.5 Å². The topological polar surface area (TPSA) is 111 Å². The van der Waals surface area contributed by atoms with Crippen molar-refractivity contribution in [3.8, 4) is 11.5 Å². The summed E-state index contributed by atoms with van der Waals surface area (Å²) >= 11 is 2.67. The predicted molar refractivity (Wildman–Crippen MR) is 147 cm³/mol. The first kappa shape index (κ1) is 27.0. The fourth-order valence-electron chi connectivity index (χ4n) is 3.59. The molecular formula is C25H28N4O5S3. The Labute approximate surface area is 224 Å². The second-order valence-corrected chi connectivity index (χ2v) is 13.3. The quantitative estimate of drug-likeness (QED) is 0.239. The van der Waals surface area contributed by atoms with Gasteiger partial charge in [-0.1, -0.05) is 56.0 Å².